The summed E-state index contributed by atoms with van der Waals surface area (Å²) in [5.41, 5.74) is -2.21. The number of likely N-dealkylation sites (tertiary alicyclic amines) is 1. The molecule has 5 nitrogen and oxygen atoms in total. The smallest absolute Gasteiger partial charge is 0.410 e. The molecule has 2 fully saturated rings. The fourth-order valence-electron chi connectivity index (χ4n) is 3.28. The minimum Gasteiger partial charge on any atom is -0.481 e. The highest BCUT2D eigenvalue weighted by Gasteiger charge is 2.67. The number of rotatable bonds is 3. The normalized spacial score (nSPS) is 31.1. The van der Waals surface area contributed by atoms with E-state index in [0.29, 0.717) is 12.8 Å². The van der Waals surface area contributed by atoms with Gasteiger partial charge in [0.2, 0.25) is 0 Å². The lowest BCUT2D eigenvalue weighted by Crippen LogP contribution is -2.64. The molecule has 1 aliphatic carbocycles. The Labute approximate surface area is 121 Å². The van der Waals surface area contributed by atoms with Gasteiger partial charge in [-0.25, -0.2) is 13.6 Å². The van der Waals surface area contributed by atoms with E-state index in [9.17, 15) is 23.5 Å². The van der Waals surface area contributed by atoms with Gasteiger partial charge in [0.25, 0.3) is 5.92 Å². The molecule has 0 aromatic rings. The summed E-state index contributed by atoms with van der Waals surface area (Å²) in [6.45, 7) is 2.69. The molecule has 1 heterocycles. The third-order valence-electron chi connectivity index (χ3n) is 4.45. The number of alkyl halides is 2. The highest BCUT2D eigenvalue weighted by molar-refractivity contribution is 5.78. The van der Waals surface area contributed by atoms with Crippen LogP contribution in [-0.2, 0) is 9.53 Å². The number of amides is 1. The Hall–Kier alpha value is -1.66. The van der Waals surface area contributed by atoms with Crippen molar-refractivity contribution in [3.63, 3.8) is 0 Å². The van der Waals surface area contributed by atoms with Gasteiger partial charge >= 0.3 is 12.1 Å². The second kappa shape index (κ2) is 5.61. The van der Waals surface area contributed by atoms with Gasteiger partial charge in [-0.3, -0.25) is 4.79 Å². The minimum absolute atomic E-state index is 0.0313. The first-order valence-electron chi connectivity index (χ1n) is 6.99. The molecule has 1 saturated carbocycles. The van der Waals surface area contributed by atoms with E-state index in [2.05, 4.69) is 6.58 Å². The maximum Gasteiger partial charge on any atom is 0.410 e. The quantitative estimate of drug-likeness (QED) is 0.814. The molecule has 2 unspecified atom stereocenters. The van der Waals surface area contributed by atoms with Gasteiger partial charge in [0.1, 0.15) is 12.0 Å². The standard InChI is InChI=1S/C14H19F2NO4/c1-2-7-21-12(20)17-8-10-5-3-4-6-13(9-17,11(18)19)14(10,15)16/h2,10H,1,3-9H2,(H,18,19). The number of fused-ring (bicyclic) bond motifs is 2. The van der Waals surface area contributed by atoms with Crippen LogP contribution in [0.1, 0.15) is 25.7 Å². The molecular weight excluding hydrogens is 284 g/mol. The highest BCUT2D eigenvalue weighted by atomic mass is 19.3. The number of hydrogen-bond donors (Lipinski definition) is 1. The largest absolute Gasteiger partial charge is 0.481 e. The molecule has 7 heteroatoms. The van der Waals surface area contributed by atoms with Crippen LogP contribution < -0.4 is 0 Å². The van der Waals surface area contributed by atoms with Crippen LogP contribution in [0.3, 0.4) is 0 Å². The molecule has 1 aliphatic heterocycles. The minimum atomic E-state index is -3.31. The second-order valence-corrected chi connectivity index (χ2v) is 5.70. The lowest BCUT2D eigenvalue weighted by atomic mass is 9.70. The average Bonchev–Trinajstić information content (AvgIpc) is 2.52. The van der Waals surface area contributed by atoms with Gasteiger partial charge in [-0.2, -0.15) is 0 Å². The maximum absolute atomic E-state index is 14.6. The number of hydrogen-bond acceptors (Lipinski definition) is 3. The Morgan fingerprint density at radius 3 is 2.76 bits per heavy atom. The van der Waals surface area contributed by atoms with Crippen molar-refractivity contribution in [2.75, 3.05) is 19.7 Å². The van der Waals surface area contributed by atoms with Crippen molar-refractivity contribution in [2.24, 2.45) is 11.3 Å². The first-order valence-corrected chi connectivity index (χ1v) is 6.99. The maximum atomic E-state index is 14.6. The summed E-state index contributed by atoms with van der Waals surface area (Å²) >= 11 is 0. The highest BCUT2D eigenvalue weighted by Crippen LogP contribution is 2.53. The molecule has 0 aromatic carbocycles. The SMILES string of the molecule is C=CCOC(=O)N1CC2CCCCC(C(=O)O)(C1)C2(F)F. The number of carbonyl (C=O) groups is 2. The van der Waals surface area contributed by atoms with Crippen LogP contribution >= 0.6 is 0 Å². The van der Waals surface area contributed by atoms with E-state index in [1.54, 1.807) is 0 Å². The lowest BCUT2D eigenvalue weighted by molar-refractivity contribution is -0.214. The van der Waals surface area contributed by atoms with Crippen LogP contribution in [-0.4, -0.2) is 47.7 Å². The predicted octanol–water partition coefficient (Wildman–Crippen LogP) is 2.52. The van der Waals surface area contributed by atoms with Crippen LogP contribution in [0.25, 0.3) is 0 Å². The Bertz CT molecular complexity index is 454. The summed E-state index contributed by atoms with van der Waals surface area (Å²) in [7, 11) is 0. The summed E-state index contributed by atoms with van der Waals surface area (Å²) in [5, 5.41) is 9.40. The van der Waals surface area contributed by atoms with Crippen molar-refractivity contribution >= 4 is 12.1 Å². The zero-order valence-electron chi connectivity index (χ0n) is 11.7. The number of carbonyl (C=O) groups excluding carboxylic acids is 1. The number of aliphatic carboxylic acids is 1. The van der Waals surface area contributed by atoms with E-state index >= 15 is 0 Å². The van der Waals surface area contributed by atoms with Gasteiger partial charge in [-0.1, -0.05) is 25.5 Å². The molecule has 0 radical (unpaired) electrons. The van der Waals surface area contributed by atoms with Gasteiger partial charge in [-0.05, 0) is 12.8 Å². The van der Waals surface area contributed by atoms with E-state index in [1.807, 2.05) is 0 Å². The van der Waals surface area contributed by atoms with Gasteiger partial charge in [0, 0.05) is 19.0 Å². The molecule has 2 bridgehead atoms. The van der Waals surface area contributed by atoms with Crippen LogP contribution in [0.4, 0.5) is 13.6 Å². The Morgan fingerprint density at radius 2 is 2.14 bits per heavy atom. The van der Waals surface area contributed by atoms with Crippen LogP contribution in [0.15, 0.2) is 12.7 Å². The van der Waals surface area contributed by atoms with Crippen LogP contribution in [0, 0.1) is 11.3 Å². The number of piperidine rings is 1. The molecule has 1 amide bonds. The first kappa shape index (κ1) is 15.7. The predicted molar refractivity (Wildman–Crippen MR) is 70.1 cm³/mol. The third-order valence-corrected chi connectivity index (χ3v) is 4.45. The molecule has 118 valence electrons. The molecule has 0 aromatic heterocycles. The van der Waals surface area contributed by atoms with E-state index in [1.165, 1.54) is 6.08 Å². The molecular formula is C14H19F2NO4. The molecule has 0 spiro atoms. The zero-order chi connectivity index (χ0) is 15.7. The number of nitrogens with zero attached hydrogens (tertiary/aromatic N) is 1. The molecule has 2 rings (SSSR count). The second-order valence-electron chi connectivity index (χ2n) is 5.70. The number of halogens is 2. The van der Waals surface area contributed by atoms with Crippen molar-refractivity contribution in [3.05, 3.63) is 12.7 Å². The van der Waals surface area contributed by atoms with Gasteiger partial charge in [0.05, 0.1) is 0 Å². The van der Waals surface area contributed by atoms with Crippen LogP contribution in [0.2, 0.25) is 0 Å². The number of ether oxygens (including phenoxy) is 1. The van der Waals surface area contributed by atoms with Crippen molar-refractivity contribution < 1.29 is 28.2 Å². The number of carboxylic acid groups (broad SMARTS) is 1. The Balaban J connectivity index is 2.31. The third kappa shape index (κ3) is 2.49. The van der Waals surface area contributed by atoms with Crippen molar-refractivity contribution in [3.8, 4) is 0 Å². The van der Waals surface area contributed by atoms with Gasteiger partial charge < -0.3 is 14.7 Å². The van der Waals surface area contributed by atoms with E-state index in [0.717, 1.165) is 4.90 Å². The van der Waals surface area contributed by atoms with Crippen LogP contribution in [0.5, 0.6) is 0 Å². The monoisotopic (exact) mass is 303 g/mol. The van der Waals surface area contributed by atoms with Gasteiger partial charge in [0.15, 0.2) is 0 Å². The summed E-state index contributed by atoms with van der Waals surface area (Å²) in [5.74, 6) is -5.99. The molecule has 2 aliphatic rings. The van der Waals surface area contributed by atoms with Crippen molar-refractivity contribution in [2.45, 2.75) is 31.6 Å². The van der Waals surface area contributed by atoms with E-state index < -0.39 is 35.9 Å². The number of carboxylic acids is 1. The zero-order valence-corrected chi connectivity index (χ0v) is 11.7. The van der Waals surface area contributed by atoms with Crippen molar-refractivity contribution in [1.82, 2.24) is 4.90 Å². The van der Waals surface area contributed by atoms with Crippen molar-refractivity contribution in [1.29, 1.82) is 0 Å². The Morgan fingerprint density at radius 1 is 1.43 bits per heavy atom. The van der Waals surface area contributed by atoms with E-state index in [-0.39, 0.29) is 26.0 Å². The summed E-state index contributed by atoms with van der Waals surface area (Å²) in [6.07, 6.45) is 1.67. The summed E-state index contributed by atoms with van der Waals surface area (Å²) in [4.78, 5) is 24.6. The molecule has 1 N–H and O–H groups in total. The van der Waals surface area contributed by atoms with Gasteiger partial charge in [-0.15, -0.1) is 0 Å². The Kier molecular flexibility index (Phi) is 4.20. The fraction of sp³-hybridized carbons (Fsp3) is 0.714. The van der Waals surface area contributed by atoms with E-state index in [4.69, 9.17) is 4.74 Å². The molecule has 1 saturated heterocycles. The first-order chi connectivity index (χ1) is 9.85. The molecule has 21 heavy (non-hydrogen) atoms. The molecule has 2 atom stereocenters. The fourth-order valence-corrected chi connectivity index (χ4v) is 3.28. The average molecular weight is 303 g/mol. The summed E-state index contributed by atoms with van der Waals surface area (Å²) < 4.78 is 34.0. The summed E-state index contributed by atoms with van der Waals surface area (Å²) in [6, 6.07) is 0. The topological polar surface area (TPSA) is 66.8 Å². The lowest BCUT2D eigenvalue weighted by Gasteiger charge is -2.47.